The van der Waals surface area contributed by atoms with Gasteiger partial charge >= 0.3 is 0 Å². The summed E-state index contributed by atoms with van der Waals surface area (Å²) in [5.41, 5.74) is 0. The molecule has 0 radical (unpaired) electrons. The summed E-state index contributed by atoms with van der Waals surface area (Å²) in [7, 11) is 0. The normalized spacial score (nSPS) is 13.5. The first-order valence-electron chi connectivity index (χ1n) is 9.67. The highest BCUT2D eigenvalue weighted by Gasteiger charge is 2.10. The quantitative estimate of drug-likeness (QED) is 0.200. The minimum Gasteiger partial charge on any atom is -0.488 e. The van der Waals surface area contributed by atoms with Crippen LogP contribution in [0.3, 0.4) is 0 Å². The Morgan fingerprint density at radius 1 is 0.739 bits per heavy atom. The zero-order valence-corrected chi connectivity index (χ0v) is 16.1. The highest BCUT2D eigenvalue weighted by Crippen LogP contribution is 2.19. The largest absolute Gasteiger partial charge is 0.488 e. The van der Waals surface area contributed by atoms with E-state index < -0.39 is 0 Å². The first kappa shape index (κ1) is 20.4. The summed E-state index contributed by atoms with van der Waals surface area (Å²) in [5.74, 6) is 1.75. The molecule has 0 aromatic rings. The smallest absolute Gasteiger partial charge is 0.211 e. The van der Waals surface area contributed by atoms with E-state index in [-0.39, 0.29) is 0 Å². The first-order chi connectivity index (χ1) is 11.4. The van der Waals surface area contributed by atoms with Gasteiger partial charge in [0.25, 0.3) is 0 Å². The minimum absolute atomic E-state index is 0.793. The molecule has 0 aromatic heterocycles. The van der Waals surface area contributed by atoms with E-state index in [1.807, 2.05) is 0 Å². The Hall–Kier alpha value is -0.660. The molecule has 1 heterocycles. The van der Waals surface area contributed by atoms with E-state index in [1.54, 1.807) is 0 Å². The lowest BCUT2D eigenvalue weighted by molar-refractivity contribution is 0.150. The van der Waals surface area contributed by atoms with Crippen LogP contribution in [0.25, 0.3) is 0 Å². The van der Waals surface area contributed by atoms with Crippen LogP contribution in [0.5, 0.6) is 0 Å². The second-order valence-corrected chi connectivity index (χ2v) is 7.04. The third-order valence-electron chi connectivity index (χ3n) is 4.07. The fraction of sp³-hybridized carbons (Fsp3) is 0.800. The molecule has 0 saturated carbocycles. The summed E-state index contributed by atoms with van der Waals surface area (Å²) in [6.45, 7) is 6.11. The Balaban J connectivity index is 1.99. The first-order valence-corrected chi connectivity index (χ1v) is 10.6. The van der Waals surface area contributed by atoms with Gasteiger partial charge in [0, 0.05) is 5.41 Å². The minimum atomic E-state index is 0.793. The van der Waals surface area contributed by atoms with Crippen molar-refractivity contribution in [2.75, 3.05) is 13.2 Å². The summed E-state index contributed by atoms with van der Waals surface area (Å²) in [5, 5.41) is 5.30. The van der Waals surface area contributed by atoms with Gasteiger partial charge in [-0.05, 0) is 17.9 Å². The van der Waals surface area contributed by atoms with Crippen molar-refractivity contribution < 1.29 is 9.47 Å². The molecular formula is C20H36O2S. The van der Waals surface area contributed by atoms with Crippen molar-refractivity contribution in [3.05, 3.63) is 16.9 Å². The van der Waals surface area contributed by atoms with Crippen LogP contribution in [0, 0.1) is 0 Å². The van der Waals surface area contributed by atoms with Crippen LogP contribution in [0.4, 0.5) is 0 Å². The van der Waals surface area contributed by atoms with Crippen molar-refractivity contribution in [2.45, 2.75) is 90.9 Å². The molecule has 0 amide bonds. The number of hydrogen-bond acceptors (Lipinski definition) is 2. The van der Waals surface area contributed by atoms with Gasteiger partial charge in [-0.15, -0.1) is 11.4 Å². The van der Waals surface area contributed by atoms with E-state index in [2.05, 4.69) is 24.3 Å². The number of thiol groups is 1. The molecule has 1 aliphatic heterocycles. The maximum atomic E-state index is 5.86. The maximum absolute atomic E-state index is 5.86. The fourth-order valence-corrected chi connectivity index (χ4v) is 3.26. The molecular weight excluding hydrogens is 304 g/mol. The molecule has 0 aromatic carbocycles. The van der Waals surface area contributed by atoms with E-state index in [0.29, 0.717) is 0 Å². The van der Waals surface area contributed by atoms with Crippen molar-refractivity contribution in [3.8, 4) is 0 Å². The topological polar surface area (TPSA) is 18.5 Å². The van der Waals surface area contributed by atoms with Gasteiger partial charge in [0.15, 0.2) is 5.76 Å². The number of rotatable bonds is 16. The van der Waals surface area contributed by atoms with E-state index in [9.17, 15) is 0 Å². The third kappa shape index (κ3) is 10.7. The highest BCUT2D eigenvalue weighted by molar-refractivity contribution is 8.00. The predicted molar refractivity (Wildman–Crippen MR) is 104 cm³/mol. The van der Waals surface area contributed by atoms with Crippen LogP contribution < -0.4 is 0 Å². The fourth-order valence-electron chi connectivity index (χ4n) is 2.59. The van der Waals surface area contributed by atoms with Gasteiger partial charge in [-0.25, -0.2) is 0 Å². The summed E-state index contributed by atoms with van der Waals surface area (Å²) in [6, 6.07) is 0. The SMILES string of the molecule is CCCCCCCCOC1=C=[SH]C=C1OCCCCCCCC. The van der Waals surface area contributed by atoms with Crippen LogP contribution in [0.15, 0.2) is 16.9 Å². The Morgan fingerprint density at radius 3 is 1.87 bits per heavy atom. The highest BCUT2D eigenvalue weighted by atomic mass is 32.1. The summed E-state index contributed by atoms with van der Waals surface area (Å²) in [4.78, 5) is 0. The monoisotopic (exact) mass is 340 g/mol. The lowest BCUT2D eigenvalue weighted by atomic mass is 10.1. The van der Waals surface area contributed by atoms with Crippen molar-refractivity contribution in [3.63, 3.8) is 0 Å². The molecule has 0 N–H and O–H groups in total. The maximum Gasteiger partial charge on any atom is 0.211 e. The summed E-state index contributed by atoms with van der Waals surface area (Å²) >= 11 is 1.07. The van der Waals surface area contributed by atoms with Gasteiger partial charge < -0.3 is 9.47 Å². The van der Waals surface area contributed by atoms with Gasteiger partial charge in [0.2, 0.25) is 5.76 Å². The molecule has 2 nitrogen and oxygen atoms in total. The van der Waals surface area contributed by atoms with Crippen molar-refractivity contribution >= 4 is 16.4 Å². The number of unbranched alkanes of at least 4 members (excludes halogenated alkanes) is 10. The molecule has 3 heteroatoms. The molecule has 0 spiro atoms. The van der Waals surface area contributed by atoms with Gasteiger partial charge in [0.1, 0.15) is 0 Å². The molecule has 0 atom stereocenters. The Bertz CT molecular complexity index is 381. The van der Waals surface area contributed by atoms with Gasteiger partial charge in [0.05, 0.1) is 13.2 Å². The van der Waals surface area contributed by atoms with E-state index in [1.165, 1.54) is 64.2 Å². The zero-order valence-electron chi connectivity index (χ0n) is 15.2. The zero-order chi connectivity index (χ0) is 16.6. The van der Waals surface area contributed by atoms with E-state index in [4.69, 9.17) is 9.47 Å². The average Bonchev–Trinajstić information content (AvgIpc) is 3.00. The Morgan fingerprint density at radius 2 is 1.26 bits per heavy atom. The average molecular weight is 341 g/mol. The second-order valence-electron chi connectivity index (χ2n) is 6.30. The van der Waals surface area contributed by atoms with Crippen LogP contribution in [-0.4, -0.2) is 18.2 Å². The van der Waals surface area contributed by atoms with Crippen LogP contribution in [-0.2, 0) is 9.47 Å². The summed E-state index contributed by atoms with van der Waals surface area (Å²) < 4.78 is 11.7. The Kier molecular flexibility index (Phi) is 13.2. The predicted octanol–water partition coefficient (Wildman–Crippen LogP) is 6.35. The van der Waals surface area contributed by atoms with Gasteiger partial charge in [-0.3, -0.25) is 0 Å². The van der Waals surface area contributed by atoms with Crippen LogP contribution in [0.2, 0.25) is 0 Å². The molecule has 0 aliphatic carbocycles. The van der Waals surface area contributed by atoms with Crippen LogP contribution in [0.1, 0.15) is 90.9 Å². The molecule has 0 fully saturated rings. The molecule has 1 aliphatic rings. The molecule has 134 valence electrons. The molecule has 23 heavy (non-hydrogen) atoms. The Labute approximate surface area is 147 Å². The van der Waals surface area contributed by atoms with E-state index >= 15 is 0 Å². The van der Waals surface area contributed by atoms with Crippen LogP contribution >= 0.6 is 11.4 Å². The standard InChI is InChI=1S/C20H36O2S/c1-3-5-7-9-11-13-15-21-19-17-23-18-20(19)22-16-14-12-10-8-6-4-2/h17,23H,3-16H2,1-2H3. The lowest BCUT2D eigenvalue weighted by Gasteiger charge is -2.11. The van der Waals surface area contributed by atoms with Gasteiger partial charge in [-0.1, -0.05) is 78.1 Å². The summed E-state index contributed by atoms with van der Waals surface area (Å²) in [6.07, 6.45) is 15.5. The van der Waals surface area contributed by atoms with Crippen molar-refractivity contribution in [2.24, 2.45) is 0 Å². The molecule has 1 rings (SSSR count). The lowest BCUT2D eigenvalue weighted by Crippen LogP contribution is -2.02. The van der Waals surface area contributed by atoms with Crippen molar-refractivity contribution in [1.82, 2.24) is 0 Å². The number of hydrogen-bond donors (Lipinski definition) is 1. The molecule has 0 saturated heterocycles. The molecule has 0 unspecified atom stereocenters. The van der Waals surface area contributed by atoms with Crippen molar-refractivity contribution in [1.29, 1.82) is 0 Å². The molecule has 0 bridgehead atoms. The van der Waals surface area contributed by atoms with E-state index in [0.717, 1.165) is 48.9 Å². The second kappa shape index (κ2) is 14.9. The van der Waals surface area contributed by atoms with Gasteiger partial charge in [-0.2, -0.15) is 0 Å². The number of ether oxygens (including phenoxy) is 2. The third-order valence-corrected chi connectivity index (χ3v) is 4.77.